The summed E-state index contributed by atoms with van der Waals surface area (Å²) in [4.78, 5) is 50.6. The van der Waals surface area contributed by atoms with Gasteiger partial charge in [0.2, 0.25) is 5.91 Å². The fraction of sp³-hybridized carbons (Fsp3) is 0.375. The van der Waals surface area contributed by atoms with Crippen LogP contribution in [0.1, 0.15) is 18.5 Å². The molecule has 1 aliphatic rings. The minimum absolute atomic E-state index is 0.0967. The van der Waals surface area contributed by atoms with Gasteiger partial charge in [-0.25, -0.2) is 4.79 Å². The summed E-state index contributed by atoms with van der Waals surface area (Å²) in [5.74, 6) is -2.01. The SMILES string of the molecule is CCN1CCN(C(=O)N[C@@H](C(=O)NC)c2ccccc2)C(=O)C1=O. The van der Waals surface area contributed by atoms with Gasteiger partial charge in [0.25, 0.3) is 0 Å². The maximum absolute atomic E-state index is 12.4. The van der Waals surface area contributed by atoms with Crippen LogP contribution in [0.4, 0.5) is 4.79 Å². The molecule has 8 nitrogen and oxygen atoms in total. The molecule has 0 unspecified atom stereocenters. The van der Waals surface area contributed by atoms with Crippen molar-refractivity contribution in [3.05, 3.63) is 35.9 Å². The summed E-state index contributed by atoms with van der Waals surface area (Å²) < 4.78 is 0. The first-order valence-corrected chi connectivity index (χ1v) is 7.67. The van der Waals surface area contributed by atoms with Crippen LogP contribution in [0.3, 0.4) is 0 Å². The number of likely N-dealkylation sites (N-methyl/N-ethyl adjacent to an activating group) is 2. The normalized spacial score (nSPS) is 15.9. The van der Waals surface area contributed by atoms with E-state index in [0.29, 0.717) is 12.1 Å². The Balaban J connectivity index is 2.15. The number of nitrogens with one attached hydrogen (secondary N) is 2. The van der Waals surface area contributed by atoms with E-state index in [1.54, 1.807) is 37.3 Å². The second kappa shape index (κ2) is 7.58. The van der Waals surface area contributed by atoms with Gasteiger partial charge < -0.3 is 15.5 Å². The second-order valence-corrected chi connectivity index (χ2v) is 5.25. The number of carbonyl (C=O) groups excluding carboxylic acids is 4. The maximum Gasteiger partial charge on any atom is 0.325 e. The Kier molecular flexibility index (Phi) is 5.51. The number of nitrogens with zero attached hydrogens (tertiary/aromatic N) is 2. The van der Waals surface area contributed by atoms with E-state index < -0.39 is 29.8 Å². The lowest BCUT2D eigenvalue weighted by atomic mass is 10.1. The van der Waals surface area contributed by atoms with Crippen molar-refractivity contribution in [1.29, 1.82) is 0 Å². The Bertz CT molecular complexity index is 647. The van der Waals surface area contributed by atoms with Gasteiger partial charge in [0.15, 0.2) is 0 Å². The zero-order chi connectivity index (χ0) is 17.7. The van der Waals surface area contributed by atoms with Crippen molar-refractivity contribution in [1.82, 2.24) is 20.4 Å². The Morgan fingerprint density at radius 2 is 1.79 bits per heavy atom. The average Bonchev–Trinajstić information content (AvgIpc) is 2.61. The molecule has 0 saturated carbocycles. The van der Waals surface area contributed by atoms with Crippen LogP contribution in [0.5, 0.6) is 0 Å². The number of amides is 5. The lowest BCUT2D eigenvalue weighted by Gasteiger charge is -2.32. The van der Waals surface area contributed by atoms with Crippen LogP contribution in [0, 0.1) is 0 Å². The Labute approximate surface area is 139 Å². The zero-order valence-electron chi connectivity index (χ0n) is 13.6. The summed E-state index contributed by atoms with van der Waals surface area (Å²) in [5.41, 5.74) is 0.580. The molecule has 1 aromatic carbocycles. The molecule has 0 aromatic heterocycles. The summed E-state index contributed by atoms with van der Waals surface area (Å²) in [5, 5.41) is 5.00. The molecule has 0 bridgehead atoms. The van der Waals surface area contributed by atoms with Crippen LogP contribution in [0.25, 0.3) is 0 Å². The fourth-order valence-corrected chi connectivity index (χ4v) is 2.46. The number of hydrogen-bond donors (Lipinski definition) is 2. The molecule has 1 aromatic rings. The summed E-state index contributed by atoms with van der Waals surface area (Å²) in [7, 11) is 1.46. The van der Waals surface area contributed by atoms with Crippen LogP contribution >= 0.6 is 0 Å². The zero-order valence-corrected chi connectivity index (χ0v) is 13.6. The summed E-state index contributed by atoms with van der Waals surface area (Å²) >= 11 is 0. The van der Waals surface area contributed by atoms with Crippen molar-refractivity contribution in [2.24, 2.45) is 0 Å². The van der Waals surface area contributed by atoms with Gasteiger partial charge in [-0.1, -0.05) is 30.3 Å². The smallest absolute Gasteiger partial charge is 0.325 e. The number of piperazine rings is 1. The monoisotopic (exact) mass is 332 g/mol. The number of benzene rings is 1. The fourth-order valence-electron chi connectivity index (χ4n) is 2.46. The van der Waals surface area contributed by atoms with Crippen LogP contribution in [0.15, 0.2) is 30.3 Å². The molecular weight excluding hydrogens is 312 g/mol. The highest BCUT2D eigenvalue weighted by Crippen LogP contribution is 2.14. The first-order chi connectivity index (χ1) is 11.5. The Hall–Kier alpha value is -2.90. The largest absolute Gasteiger partial charge is 0.357 e. The number of rotatable bonds is 4. The minimum atomic E-state index is -0.948. The van der Waals surface area contributed by atoms with E-state index in [-0.39, 0.29) is 13.1 Å². The summed E-state index contributed by atoms with van der Waals surface area (Å²) in [6, 6.07) is 6.96. The molecule has 1 heterocycles. The molecule has 1 saturated heterocycles. The van der Waals surface area contributed by atoms with E-state index in [9.17, 15) is 19.2 Å². The third-order valence-electron chi connectivity index (χ3n) is 3.85. The predicted molar refractivity (Wildman–Crippen MR) is 85.7 cm³/mol. The van der Waals surface area contributed by atoms with Gasteiger partial charge in [-0.2, -0.15) is 0 Å². The van der Waals surface area contributed by atoms with E-state index in [2.05, 4.69) is 10.6 Å². The van der Waals surface area contributed by atoms with E-state index >= 15 is 0 Å². The second-order valence-electron chi connectivity index (χ2n) is 5.25. The highest BCUT2D eigenvalue weighted by Gasteiger charge is 2.36. The highest BCUT2D eigenvalue weighted by atomic mass is 16.2. The molecule has 128 valence electrons. The number of urea groups is 1. The highest BCUT2D eigenvalue weighted by molar-refractivity contribution is 6.38. The standard InChI is InChI=1S/C16H20N4O4/c1-3-19-9-10-20(15(23)14(19)22)16(24)18-12(13(21)17-2)11-7-5-4-6-8-11/h4-8,12H,3,9-10H2,1-2H3,(H,17,21)(H,18,24)/t12-/m1/s1. The van der Waals surface area contributed by atoms with Gasteiger partial charge in [0, 0.05) is 26.7 Å². The topological polar surface area (TPSA) is 98.8 Å². The molecule has 2 N–H and O–H groups in total. The Morgan fingerprint density at radius 3 is 2.38 bits per heavy atom. The van der Waals surface area contributed by atoms with Gasteiger partial charge in [0.1, 0.15) is 6.04 Å². The third kappa shape index (κ3) is 3.53. The lowest BCUT2D eigenvalue weighted by Crippen LogP contribution is -2.59. The van der Waals surface area contributed by atoms with Crippen molar-refractivity contribution in [3.8, 4) is 0 Å². The number of carbonyl (C=O) groups is 4. The molecule has 5 amide bonds. The quantitative estimate of drug-likeness (QED) is 0.751. The summed E-state index contributed by atoms with van der Waals surface area (Å²) in [6.07, 6.45) is 0. The van der Waals surface area contributed by atoms with Crippen molar-refractivity contribution < 1.29 is 19.2 Å². The third-order valence-corrected chi connectivity index (χ3v) is 3.85. The number of imide groups is 1. The molecule has 0 radical (unpaired) electrons. The molecule has 0 aliphatic carbocycles. The van der Waals surface area contributed by atoms with Gasteiger partial charge in [0.05, 0.1) is 0 Å². The molecular formula is C16H20N4O4. The van der Waals surface area contributed by atoms with Crippen LogP contribution in [-0.2, 0) is 14.4 Å². The van der Waals surface area contributed by atoms with Crippen LogP contribution in [0.2, 0.25) is 0 Å². The first-order valence-electron chi connectivity index (χ1n) is 7.67. The summed E-state index contributed by atoms with van der Waals surface area (Å²) in [6.45, 7) is 2.55. The first kappa shape index (κ1) is 17.5. The van der Waals surface area contributed by atoms with Gasteiger partial charge >= 0.3 is 17.8 Å². The van der Waals surface area contributed by atoms with Crippen LogP contribution in [-0.4, -0.2) is 60.2 Å². The van der Waals surface area contributed by atoms with Crippen molar-refractivity contribution >= 4 is 23.8 Å². The van der Waals surface area contributed by atoms with Crippen molar-refractivity contribution in [2.45, 2.75) is 13.0 Å². The average molecular weight is 332 g/mol. The van der Waals surface area contributed by atoms with E-state index in [1.165, 1.54) is 11.9 Å². The maximum atomic E-state index is 12.4. The van der Waals surface area contributed by atoms with Crippen LogP contribution < -0.4 is 10.6 Å². The molecule has 1 aliphatic heterocycles. The molecule has 8 heteroatoms. The van der Waals surface area contributed by atoms with Crippen molar-refractivity contribution in [2.75, 3.05) is 26.7 Å². The molecule has 2 rings (SSSR count). The predicted octanol–water partition coefficient (Wildman–Crippen LogP) is -0.126. The lowest BCUT2D eigenvalue weighted by molar-refractivity contribution is -0.153. The van der Waals surface area contributed by atoms with E-state index in [1.807, 2.05) is 0 Å². The van der Waals surface area contributed by atoms with Crippen molar-refractivity contribution in [3.63, 3.8) is 0 Å². The molecule has 1 atom stereocenters. The molecule has 1 fully saturated rings. The minimum Gasteiger partial charge on any atom is -0.357 e. The molecule has 24 heavy (non-hydrogen) atoms. The van der Waals surface area contributed by atoms with Gasteiger partial charge in [-0.3, -0.25) is 19.3 Å². The Morgan fingerprint density at radius 1 is 1.12 bits per heavy atom. The van der Waals surface area contributed by atoms with E-state index in [4.69, 9.17) is 0 Å². The number of hydrogen-bond acceptors (Lipinski definition) is 4. The van der Waals surface area contributed by atoms with Gasteiger partial charge in [-0.05, 0) is 12.5 Å². The van der Waals surface area contributed by atoms with Gasteiger partial charge in [-0.15, -0.1) is 0 Å². The van der Waals surface area contributed by atoms with E-state index in [0.717, 1.165) is 4.90 Å². The molecule has 0 spiro atoms.